The van der Waals surface area contributed by atoms with Crippen LogP contribution in [0.3, 0.4) is 0 Å². The molecule has 0 aromatic carbocycles. The van der Waals surface area contributed by atoms with Crippen molar-refractivity contribution in [2.75, 3.05) is 0 Å². The molecule has 0 radical (unpaired) electrons. The Morgan fingerprint density at radius 2 is 2.21 bits per heavy atom. The zero-order valence-corrected chi connectivity index (χ0v) is 9.26. The first-order chi connectivity index (χ1) is 6.68. The molecule has 0 aliphatic rings. The number of hydrogen-bond acceptors (Lipinski definition) is 3. The Morgan fingerprint density at radius 1 is 1.43 bits per heavy atom. The van der Waals surface area contributed by atoms with Gasteiger partial charge < -0.3 is 9.52 Å². The van der Waals surface area contributed by atoms with E-state index in [0.29, 0.717) is 5.76 Å². The third-order valence-electron chi connectivity index (χ3n) is 1.70. The molecule has 0 aliphatic heterocycles. The van der Waals surface area contributed by atoms with Crippen LogP contribution in [0, 0.1) is 0 Å². The number of furan rings is 1. The van der Waals surface area contributed by atoms with Gasteiger partial charge in [0.05, 0.1) is 0 Å². The molecule has 2 aromatic rings. The molecule has 0 unspecified atom stereocenters. The Kier molecular flexibility index (Phi) is 2.43. The van der Waals surface area contributed by atoms with Crippen LogP contribution in [0.5, 0.6) is 0 Å². The van der Waals surface area contributed by atoms with Crippen molar-refractivity contribution in [1.29, 1.82) is 0 Å². The fourth-order valence-electron chi connectivity index (χ4n) is 1.05. The van der Waals surface area contributed by atoms with Crippen LogP contribution in [-0.4, -0.2) is 11.1 Å². The fraction of sp³-hybridized carbons (Fsp3) is 0. The lowest BCUT2D eigenvalue weighted by Crippen LogP contribution is -1.91. The van der Waals surface area contributed by atoms with Gasteiger partial charge in [-0.15, -0.1) is 0 Å². The SMILES string of the molecule is O=C(O)c1ccc(-c2cscc2Br)o1. The fourth-order valence-corrected chi connectivity index (χ4v) is 2.53. The minimum atomic E-state index is -1.05. The van der Waals surface area contributed by atoms with E-state index in [4.69, 9.17) is 9.52 Å². The van der Waals surface area contributed by atoms with E-state index >= 15 is 0 Å². The van der Waals surface area contributed by atoms with E-state index in [-0.39, 0.29) is 5.76 Å². The predicted octanol–water partition coefficient (Wildman–Crippen LogP) is 3.47. The molecular formula is C9H5BrO3S. The highest BCUT2D eigenvalue weighted by atomic mass is 79.9. The molecule has 2 heterocycles. The van der Waals surface area contributed by atoms with Crippen LogP contribution in [0.4, 0.5) is 0 Å². The van der Waals surface area contributed by atoms with E-state index in [2.05, 4.69) is 15.9 Å². The van der Waals surface area contributed by atoms with E-state index in [1.54, 1.807) is 6.07 Å². The summed E-state index contributed by atoms with van der Waals surface area (Å²) < 4.78 is 6.06. The van der Waals surface area contributed by atoms with Gasteiger partial charge in [-0.3, -0.25) is 0 Å². The van der Waals surface area contributed by atoms with E-state index < -0.39 is 5.97 Å². The Balaban J connectivity index is 2.43. The van der Waals surface area contributed by atoms with Crippen LogP contribution >= 0.6 is 27.3 Å². The Labute approximate surface area is 92.1 Å². The number of rotatable bonds is 2. The molecule has 5 heteroatoms. The standard InChI is InChI=1S/C9H5BrO3S/c10-6-4-14-3-5(6)7-1-2-8(13-7)9(11)12/h1-4H,(H,11,12). The Hall–Kier alpha value is -1.07. The lowest BCUT2D eigenvalue weighted by molar-refractivity contribution is 0.0663. The monoisotopic (exact) mass is 272 g/mol. The van der Waals surface area contributed by atoms with Gasteiger partial charge in [0.1, 0.15) is 5.76 Å². The third-order valence-corrected chi connectivity index (χ3v) is 3.40. The van der Waals surface area contributed by atoms with E-state index in [1.807, 2.05) is 10.8 Å². The molecule has 2 rings (SSSR count). The highest BCUT2D eigenvalue weighted by molar-refractivity contribution is 9.10. The molecule has 0 atom stereocenters. The molecule has 0 spiro atoms. The second kappa shape index (κ2) is 3.59. The summed E-state index contributed by atoms with van der Waals surface area (Å²) in [7, 11) is 0. The van der Waals surface area contributed by atoms with Gasteiger partial charge >= 0.3 is 5.97 Å². The van der Waals surface area contributed by atoms with Gasteiger partial charge in [0, 0.05) is 20.8 Å². The first-order valence-corrected chi connectivity index (χ1v) is 5.47. The summed E-state index contributed by atoms with van der Waals surface area (Å²) in [5.41, 5.74) is 0.877. The number of aromatic carboxylic acids is 1. The van der Waals surface area contributed by atoms with Gasteiger partial charge in [-0.2, -0.15) is 11.3 Å². The smallest absolute Gasteiger partial charge is 0.371 e. The summed E-state index contributed by atoms with van der Waals surface area (Å²) in [5, 5.41) is 12.5. The summed E-state index contributed by atoms with van der Waals surface area (Å²) in [6, 6.07) is 3.10. The van der Waals surface area contributed by atoms with Gasteiger partial charge in [-0.25, -0.2) is 4.79 Å². The third kappa shape index (κ3) is 1.60. The van der Waals surface area contributed by atoms with Crippen molar-refractivity contribution < 1.29 is 14.3 Å². The normalized spacial score (nSPS) is 10.4. The summed E-state index contributed by atoms with van der Waals surface area (Å²) in [4.78, 5) is 10.6. The van der Waals surface area contributed by atoms with Crippen LogP contribution < -0.4 is 0 Å². The highest BCUT2D eigenvalue weighted by Gasteiger charge is 2.12. The maximum absolute atomic E-state index is 10.6. The Morgan fingerprint density at radius 3 is 2.71 bits per heavy atom. The van der Waals surface area contributed by atoms with Crippen molar-refractivity contribution in [3.63, 3.8) is 0 Å². The lowest BCUT2D eigenvalue weighted by atomic mass is 10.3. The molecule has 2 aromatic heterocycles. The van der Waals surface area contributed by atoms with Gasteiger partial charge in [0.25, 0.3) is 0 Å². The van der Waals surface area contributed by atoms with Crippen molar-refractivity contribution in [3.8, 4) is 11.3 Å². The molecule has 14 heavy (non-hydrogen) atoms. The van der Waals surface area contributed by atoms with E-state index in [9.17, 15) is 4.79 Å². The van der Waals surface area contributed by atoms with Crippen molar-refractivity contribution >= 4 is 33.2 Å². The number of hydrogen-bond donors (Lipinski definition) is 1. The molecule has 0 amide bonds. The molecule has 3 nitrogen and oxygen atoms in total. The highest BCUT2D eigenvalue weighted by Crippen LogP contribution is 2.32. The van der Waals surface area contributed by atoms with E-state index in [0.717, 1.165) is 10.0 Å². The number of carbonyl (C=O) groups is 1. The zero-order valence-electron chi connectivity index (χ0n) is 6.86. The molecule has 72 valence electrons. The number of carboxylic acids is 1. The zero-order chi connectivity index (χ0) is 10.1. The van der Waals surface area contributed by atoms with Crippen LogP contribution in [0.1, 0.15) is 10.6 Å². The molecule has 1 N–H and O–H groups in total. The van der Waals surface area contributed by atoms with Crippen molar-refractivity contribution in [2.24, 2.45) is 0 Å². The molecular weight excluding hydrogens is 268 g/mol. The second-order valence-corrected chi connectivity index (χ2v) is 4.20. The Bertz CT molecular complexity index is 472. The second-order valence-electron chi connectivity index (χ2n) is 2.60. The number of halogens is 1. The average molecular weight is 273 g/mol. The molecule has 0 aliphatic carbocycles. The van der Waals surface area contributed by atoms with Crippen LogP contribution in [-0.2, 0) is 0 Å². The minimum Gasteiger partial charge on any atom is -0.475 e. The molecule has 0 saturated heterocycles. The first kappa shape index (κ1) is 9.48. The van der Waals surface area contributed by atoms with Gasteiger partial charge in [-0.1, -0.05) is 0 Å². The lowest BCUT2D eigenvalue weighted by Gasteiger charge is -1.92. The number of thiophene rings is 1. The van der Waals surface area contributed by atoms with Crippen LogP contribution in [0.25, 0.3) is 11.3 Å². The number of carboxylic acid groups (broad SMARTS) is 1. The van der Waals surface area contributed by atoms with Crippen LogP contribution in [0.2, 0.25) is 0 Å². The van der Waals surface area contributed by atoms with Gasteiger partial charge in [0.15, 0.2) is 0 Å². The predicted molar refractivity (Wildman–Crippen MR) is 56.7 cm³/mol. The van der Waals surface area contributed by atoms with Crippen molar-refractivity contribution in [1.82, 2.24) is 0 Å². The molecule has 0 saturated carbocycles. The maximum atomic E-state index is 10.6. The molecule has 0 fully saturated rings. The van der Waals surface area contributed by atoms with Crippen molar-refractivity contribution in [2.45, 2.75) is 0 Å². The topological polar surface area (TPSA) is 50.4 Å². The average Bonchev–Trinajstić information content (AvgIpc) is 2.71. The van der Waals surface area contributed by atoms with Crippen molar-refractivity contribution in [3.05, 3.63) is 33.1 Å². The van der Waals surface area contributed by atoms with Crippen LogP contribution in [0.15, 0.2) is 31.8 Å². The summed E-state index contributed by atoms with van der Waals surface area (Å²) in [6.07, 6.45) is 0. The molecule has 0 bridgehead atoms. The maximum Gasteiger partial charge on any atom is 0.371 e. The minimum absolute atomic E-state index is 0.0434. The van der Waals surface area contributed by atoms with Gasteiger partial charge in [0.2, 0.25) is 5.76 Å². The summed E-state index contributed by atoms with van der Waals surface area (Å²) in [6.45, 7) is 0. The van der Waals surface area contributed by atoms with Gasteiger partial charge in [-0.05, 0) is 28.1 Å². The summed E-state index contributed by atoms with van der Waals surface area (Å²) >= 11 is 4.88. The summed E-state index contributed by atoms with van der Waals surface area (Å²) in [5.74, 6) is -0.531. The largest absolute Gasteiger partial charge is 0.475 e. The first-order valence-electron chi connectivity index (χ1n) is 3.73. The van der Waals surface area contributed by atoms with E-state index in [1.165, 1.54) is 17.4 Å². The quantitative estimate of drug-likeness (QED) is 0.911.